The molecular formula is C15H16Cl2N4O. The summed E-state index contributed by atoms with van der Waals surface area (Å²) in [6.07, 6.45) is 1.57. The molecule has 0 spiro atoms. The fourth-order valence-electron chi connectivity index (χ4n) is 1.61. The second-order valence-electron chi connectivity index (χ2n) is 4.27. The Labute approximate surface area is 140 Å². The number of guanidine groups is 1. The summed E-state index contributed by atoms with van der Waals surface area (Å²) in [6, 6.07) is 15.0. The minimum Gasteiger partial charge on any atom is -0.489 e. The molecule has 0 aliphatic rings. The van der Waals surface area contributed by atoms with Crippen LogP contribution >= 0.6 is 24.0 Å². The molecule has 2 rings (SSSR count). The van der Waals surface area contributed by atoms with Gasteiger partial charge in [0, 0.05) is 5.02 Å². The van der Waals surface area contributed by atoms with Gasteiger partial charge in [-0.05, 0) is 35.4 Å². The van der Waals surface area contributed by atoms with Crippen LogP contribution in [0.1, 0.15) is 11.1 Å². The number of ether oxygens (including phenoxy) is 1. The topological polar surface area (TPSA) is 83.5 Å². The van der Waals surface area contributed by atoms with E-state index in [1.54, 1.807) is 6.21 Å². The van der Waals surface area contributed by atoms with Gasteiger partial charge in [0.15, 0.2) is 0 Å². The first-order valence-corrected chi connectivity index (χ1v) is 6.62. The van der Waals surface area contributed by atoms with Crippen LogP contribution in [-0.4, -0.2) is 12.2 Å². The lowest BCUT2D eigenvalue weighted by molar-refractivity contribution is 0.306. The van der Waals surface area contributed by atoms with Crippen LogP contribution < -0.4 is 15.9 Å². The van der Waals surface area contributed by atoms with Crippen molar-refractivity contribution in [3.63, 3.8) is 0 Å². The lowest BCUT2D eigenvalue weighted by Gasteiger charge is -2.07. The second kappa shape index (κ2) is 8.92. The van der Waals surface area contributed by atoms with Crippen LogP contribution in [0.15, 0.2) is 53.6 Å². The molecule has 7 heteroatoms. The second-order valence-corrected chi connectivity index (χ2v) is 4.71. The molecule has 0 bridgehead atoms. The molecule has 0 aromatic heterocycles. The van der Waals surface area contributed by atoms with Crippen molar-refractivity contribution in [2.45, 2.75) is 6.61 Å². The van der Waals surface area contributed by atoms with Gasteiger partial charge in [-0.15, -0.1) is 12.4 Å². The Hall–Kier alpha value is -2.24. The monoisotopic (exact) mass is 338 g/mol. The first-order chi connectivity index (χ1) is 10.1. The quantitative estimate of drug-likeness (QED) is 0.444. The van der Waals surface area contributed by atoms with Crippen molar-refractivity contribution in [3.05, 3.63) is 64.7 Å². The maximum Gasteiger partial charge on any atom is 0.206 e. The molecule has 0 heterocycles. The van der Waals surface area contributed by atoms with E-state index in [0.717, 1.165) is 16.9 Å². The summed E-state index contributed by atoms with van der Waals surface area (Å²) in [5, 5.41) is 11.5. The van der Waals surface area contributed by atoms with Gasteiger partial charge in [-0.2, -0.15) is 5.10 Å². The van der Waals surface area contributed by atoms with E-state index in [2.05, 4.69) is 10.5 Å². The van der Waals surface area contributed by atoms with Crippen LogP contribution in [-0.2, 0) is 6.61 Å². The average Bonchev–Trinajstić information content (AvgIpc) is 2.47. The fraction of sp³-hybridized carbons (Fsp3) is 0.0667. The molecule has 22 heavy (non-hydrogen) atoms. The fourth-order valence-corrected chi connectivity index (χ4v) is 1.73. The zero-order chi connectivity index (χ0) is 15.1. The van der Waals surface area contributed by atoms with E-state index in [9.17, 15) is 0 Å². The summed E-state index contributed by atoms with van der Waals surface area (Å²) in [6.45, 7) is 0.462. The van der Waals surface area contributed by atoms with E-state index < -0.39 is 0 Å². The lowest BCUT2D eigenvalue weighted by Crippen LogP contribution is -2.25. The SMILES string of the molecule is Cl.N=C(N)N/N=C/c1cccc(OCc2ccc(Cl)cc2)c1. The summed E-state index contributed by atoms with van der Waals surface area (Å²) in [4.78, 5) is 0. The van der Waals surface area contributed by atoms with E-state index >= 15 is 0 Å². The highest BCUT2D eigenvalue weighted by atomic mass is 35.5. The van der Waals surface area contributed by atoms with E-state index in [4.69, 9.17) is 27.5 Å². The van der Waals surface area contributed by atoms with Crippen molar-refractivity contribution in [1.82, 2.24) is 5.43 Å². The highest BCUT2D eigenvalue weighted by Gasteiger charge is 1.97. The van der Waals surface area contributed by atoms with Crippen LogP contribution in [0.2, 0.25) is 5.02 Å². The van der Waals surface area contributed by atoms with Crippen LogP contribution in [0.3, 0.4) is 0 Å². The van der Waals surface area contributed by atoms with Gasteiger partial charge in [-0.1, -0.05) is 35.9 Å². The van der Waals surface area contributed by atoms with E-state index in [0.29, 0.717) is 11.6 Å². The third-order valence-corrected chi connectivity index (χ3v) is 2.83. The Morgan fingerprint density at radius 2 is 2.00 bits per heavy atom. The first kappa shape index (κ1) is 17.8. The number of hydrogen-bond donors (Lipinski definition) is 3. The number of halogens is 2. The van der Waals surface area contributed by atoms with E-state index in [1.165, 1.54) is 0 Å². The van der Waals surface area contributed by atoms with E-state index in [1.807, 2.05) is 48.5 Å². The standard InChI is InChI=1S/C15H15ClN4O.ClH/c16-13-6-4-11(5-7-13)10-21-14-3-1-2-12(8-14)9-19-20-15(17)18;/h1-9H,10H2,(H4,17,18,20);1H/b19-9+;. The Morgan fingerprint density at radius 1 is 1.27 bits per heavy atom. The van der Waals surface area contributed by atoms with Gasteiger partial charge in [0.25, 0.3) is 0 Å². The van der Waals surface area contributed by atoms with Crippen molar-refractivity contribution < 1.29 is 4.74 Å². The van der Waals surface area contributed by atoms with Gasteiger partial charge in [0.05, 0.1) is 6.21 Å². The number of nitrogens with zero attached hydrogens (tertiary/aromatic N) is 1. The Balaban J connectivity index is 0.00000242. The smallest absolute Gasteiger partial charge is 0.206 e. The molecule has 0 aliphatic heterocycles. The van der Waals surface area contributed by atoms with Crippen LogP contribution in [0.25, 0.3) is 0 Å². The molecule has 2 aromatic carbocycles. The largest absolute Gasteiger partial charge is 0.489 e. The molecule has 116 valence electrons. The zero-order valence-corrected chi connectivity index (χ0v) is 13.2. The average molecular weight is 339 g/mol. The van der Waals surface area contributed by atoms with Gasteiger partial charge in [-0.3, -0.25) is 5.41 Å². The third-order valence-electron chi connectivity index (χ3n) is 2.58. The molecule has 0 fully saturated rings. The molecule has 0 saturated carbocycles. The maximum absolute atomic E-state index is 7.00. The van der Waals surface area contributed by atoms with Crippen molar-refractivity contribution in [3.8, 4) is 5.75 Å². The summed E-state index contributed by atoms with van der Waals surface area (Å²) < 4.78 is 5.71. The van der Waals surface area contributed by atoms with Crippen LogP contribution in [0.5, 0.6) is 5.75 Å². The summed E-state index contributed by atoms with van der Waals surface area (Å²) in [7, 11) is 0. The minimum atomic E-state index is -0.207. The van der Waals surface area contributed by atoms with Crippen molar-refractivity contribution in [1.29, 1.82) is 5.41 Å². The summed E-state index contributed by atoms with van der Waals surface area (Å²) in [5.74, 6) is 0.526. The molecule has 0 atom stereocenters. The number of hydrazone groups is 1. The number of benzene rings is 2. The maximum atomic E-state index is 7.00. The number of nitrogens with two attached hydrogens (primary N) is 1. The van der Waals surface area contributed by atoms with E-state index in [-0.39, 0.29) is 18.4 Å². The van der Waals surface area contributed by atoms with Gasteiger partial charge < -0.3 is 10.5 Å². The summed E-state index contributed by atoms with van der Waals surface area (Å²) >= 11 is 5.84. The zero-order valence-electron chi connectivity index (χ0n) is 11.6. The van der Waals surface area contributed by atoms with Crippen LogP contribution in [0.4, 0.5) is 0 Å². The molecule has 0 radical (unpaired) electrons. The highest BCUT2D eigenvalue weighted by molar-refractivity contribution is 6.30. The highest BCUT2D eigenvalue weighted by Crippen LogP contribution is 2.15. The lowest BCUT2D eigenvalue weighted by atomic mass is 10.2. The molecule has 0 aliphatic carbocycles. The van der Waals surface area contributed by atoms with Crippen molar-refractivity contribution in [2.75, 3.05) is 0 Å². The van der Waals surface area contributed by atoms with Crippen molar-refractivity contribution in [2.24, 2.45) is 10.8 Å². The third kappa shape index (κ3) is 6.03. The Bertz CT molecular complexity index is 644. The Morgan fingerprint density at radius 3 is 2.68 bits per heavy atom. The molecule has 2 aromatic rings. The summed E-state index contributed by atoms with van der Waals surface area (Å²) in [5.41, 5.74) is 9.37. The van der Waals surface area contributed by atoms with Gasteiger partial charge >= 0.3 is 0 Å². The normalized spacial score (nSPS) is 10.0. The van der Waals surface area contributed by atoms with Gasteiger partial charge in [-0.25, -0.2) is 5.43 Å². The number of hydrogen-bond acceptors (Lipinski definition) is 3. The number of nitrogens with one attached hydrogen (secondary N) is 2. The molecular weight excluding hydrogens is 323 g/mol. The Kier molecular flexibility index (Phi) is 7.22. The first-order valence-electron chi connectivity index (χ1n) is 6.24. The predicted octanol–water partition coefficient (Wildman–Crippen LogP) is 3.16. The number of rotatable bonds is 5. The minimum absolute atomic E-state index is 0. The molecule has 0 unspecified atom stereocenters. The molecule has 0 saturated heterocycles. The van der Waals surface area contributed by atoms with Crippen molar-refractivity contribution >= 4 is 36.2 Å². The van der Waals surface area contributed by atoms with Gasteiger partial charge in [0.2, 0.25) is 5.96 Å². The predicted molar refractivity (Wildman–Crippen MR) is 92.1 cm³/mol. The van der Waals surface area contributed by atoms with Crippen LogP contribution in [0, 0.1) is 5.41 Å². The molecule has 4 N–H and O–H groups in total. The van der Waals surface area contributed by atoms with Gasteiger partial charge in [0.1, 0.15) is 12.4 Å². The molecule has 0 amide bonds. The molecule has 5 nitrogen and oxygen atoms in total.